The number of hydrogen-bond donors (Lipinski definition) is 2. The summed E-state index contributed by atoms with van der Waals surface area (Å²) in [7, 11) is 0. The number of Topliss-reactive ketones (excluding diaryl/α,β-unsaturated/α-hetero) is 1. The molecule has 0 spiro atoms. The Morgan fingerprint density at radius 3 is 2.72 bits per heavy atom. The largest absolute Gasteiger partial charge is 0.508 e. The topological polar surface area (TPSA) is 102 Å². The van der Waals surface area contributed by atoms with Gasteiger partial charge in [0.2, 0.25) is 5.78 Å². The summed E-state index contributed by atoms with van der Waals surface area (Å²) in [5.74, 6) is -1.67. The predicted molar refractivity (Wildman–Crippen MR) is 109 cm³/mol. The van der Waals surface area contributed by atoms with Crippen molar-refractivity contribution in [3.63, 3.8) is 0 Å². The molecule has 0 aliphatic heterocycles. The zero-order valence-electron chi connectivity index (χ0n) is 16.0. The van der Waals surface area contributed by atoms with Crippen LogP contribution >= 0.6 is 11.8 Å². The van der Waals surface area contributed by atoms with Gasteiger partial charge in [0.1, 0.15) is 11.5 Å². The third-order valence-electron chi connectivity index (χ3n) is 4.41. The molecular formula is C21H20N2O5S. The molecule has 0 amide bonds. The Morgan fingerprint density at radius 2 is 1.97 bits per heavy atom. The van der Waals surface area contributed by atoms with E-state index in [1.165, 1.54) is 23.9 Å². The van der Waals surface area contributed by atoms with E-state index in [4.69, 9.17) is 4.74 Å². The highest BCUT2D eigenvalue weighted by atomic mass is 32.2. The van der Waals surface area contributed by atoms with E-state index in [-0.39, 0.29) is 22.8 Å². The summed E-state index contributed by atoms with van der Waals surface area (Å²) >= 11 is 1.21. The number of hydrogen-bond acceptors (Lipinski definition) is 7. The van der Waals surface area contributed by atoms with Crippen LogP contribution < -0.4 is 0 Å². The van der Waals surface area contributed by atoms with Gasteiger partial charge in [0, 0.05) is 18.5 Å². The third kappa shape index (κ3) is 4.78. The maximum atomic E-state index is 12.1. The second-order valence-corrected chi connectivity index (χ2v) is 7.32. The van der Waals surface area contributed by atoms with Crippen LogP contribution in [-0.2, 0) is 9.53 Å². The Bertz CT molecular complexity index is 1060. The molecule has 3 aromatic rings. The van der Waals surface area contributed by atoms with Gasteiger partial charge < -0.3 is 14.9 Å². The minimum absolute atomic E-state index is 0.0171. The monoisotopic (exact) mass is 412 g/mol. The van der Waals surface area contributed by atoms with Crippen LogP contribution in [0.4, 0.5) is 0 Å². The van der Waals surface area contributed by atoms with Gasteiger partial charge in [0.15, 0.2) is 11.8 Å². The van der Waals surface area contributed by atoms with E-state index in [1.54, 1.807) is 6.20 Å². The van der Waals surface area contributed by atoms with Crippen molar-refractivity contribution in [1.29, 1.82) is 0 Å². The number of aromatic nitrogens is 2. The van der Waals surface area contributed by atoms with Crippen LogP contribution in [0.25, 0.3) is 5.69 Å². The number of nitrogens with zero attached hydrogens (tertiary/aromatic N) is 2. The second-order valence-electron chi connectivity index (χ2n) is 6.37. The highest BCUT2D eigenvalue weighted by Gasteiger charge is 2.16. The quantitative estimate of drug-likeness (QED) is 0.348. The van der Waals surface area contributed by atoms with Gasteiger partial charge in [-0.15, -0.1) is 0 Å². The van der Waals surface area contributed by atoms with E-state index < -0.39 is 18.4 Å². The fourth-order valence-electron chi connectivity index (χ4n) is 2.72. The number of imidazole rings is 1. The van der Waals surface area contributed by atoms with Crippen molar-refractivity contribution in [2.45, 2.75) is 19.0 Å². The zero-order valence-corrected chi connectivity index (χ0v) is 16.8. The molecule has 8 heteroatoms. The first kappa shape index (κ1) is 20.5. The minimum Gasteiger partial charge on any atom is -0.508 e. The van der Waals surface area contributed by atoms with Crippen molar-refractivity contribution >= 4 is 23.5 Å². The lowest BCUT2D eigenvalue weighted by Crippen LogP contribution is -2.16. The number of phenols is 2. The van der Waals surface area contributed by atoms with Gasteiger partial charge in [0.05, 0.1) is 17.0 Å². The maximum Gasteiger partial charge on any atom is 0.316 e. The number of carbonyl (C=O) groups is 2. The average molecular weight is 412 g/mol. The number of thioether (sulfide) groups is 1. The number of aryl methyl sites for hydroxylation is 1. The van der Waals surface area contributed by atoms with Gasteiger partial charge in [-0.3, -0.25) is 14.2 Å². The van der Waals surface area contributed by atoms with Gasteiger partial charge in [-0.2, -0.15) is 0 Å². The Morgan fingerprint density at radius 1 is 1.17 bits per heavy atom. The van der Waals surface area contributed by atoms with Crippen LogP contribution in [-0.4, -0.2) is 43.9 Å². The number of ether oxygens (including phenoxy) is 1. The number of ketones is 1. The van der Waals surface area contributed by atoms with Gasteiger partial charge in [-0.25, -0.2) is 4.98 Å². The summed E-state index contributed by atoms with van der Waals surface area (Å²) in [5.41, 5.74) is 3.24. The fourth-order valence-corrected chi connectivity index (χ4v) is 3.49. The standard InChI is InChI=1S/C21H20N2O5S/c1-13-4-3-5-17(14(13)2)23-9-8-22-21(23)29-12-20(27)28-11-19(26)16-7-6-15(24)10-18(16)25/h3-10,24-25H,11-12H2,1-2H3. The molecule has 0 aliphatic carbocycles. The molecule has 0 saturated heterocycles. The molecule has 0 atom stereocenters. The van der Waals surface area contributed by atoms with Crippen LogP contribution in [0, 0.1) is 13.8 Å². The van der Waals surface area contributed by atoms with Crippen molar-refractivity contribution in [3.05, 3.63) is 65.5 Å². The van der Waals surface area contributed by atoms with Crippen LogP contribution in [0.1, 0.15) is 21.5 Å². The first-order valence-corrected chi connectivity index (χ1v) is 9.79. The summed E-state index contributed by atoms with van der Waals surface area (Å²) in [4.78, 5) is 28.4. The lowest BCUT2D eigenvalue weighted by Gasteiger charge is -2.12. The molecule has 0 radical (unpaired) electrons. The lowest BCUT2D eigenvalue weighted by molar-refractivity contribution is -0.139. The van der Waals surface area contributed by atoms with Gasteiger partial charge in [0.25, 0.3) is 0 Å². The van der Waals surface area contributed by atoms with Crippen LogP contribution in [0.2, 0.25) is 0 Å². The van der Waals surface area contributed by atoms with E-state index in [1.807, 2.05) is 42.8 Å². The highest BCUT2D eigenvalue weighted by Crippen LogP contribution is 2.25. The minimum atomic E-state index is -0.572. The second kappa shape index (κ2) is 8.83. The van der Waals surface area contributed by atoms with Crippen molar-refractivity contribution in [2.75, 3.05) is 12.4 Å². The van der Waals surface area contributed by atoms with Crippen molar-refractivity contribution < 1.29 is 24.5 Å². The Labute approximate surface area is 172 Å². The molecule has 1 aromatic heterocycles. The Hall–Kier alpha value is -3.26. The van der Waals surface area contributed by atoms with Crippen molar-refractivity contribution in [2.24, 2.45) is 0 Å². The molecule has 2 aromatic carbocycles. The highest BCUT2D eigenvalue weighted by molar-refractivity contribution is 7.99. The van der Waals surface area contributed by atoms with Crippen molar-refractivity contribution in [1.82, 2.24) is 9.55 Å². The SMILES string of the molecule is Cc1cccc(-n2ccnc2SCC(=O)OCC(=O)c2ccc(O)cc2O)c1C. The van der Waals surface area contributed by atoms with Crippen LogP contribution in [0.15, 0.2) is 53.9 Å². The van der Waals surface area contributed by atoms with Crippen molar-refractivity contribution in [3.8, 4) is 17.2 Å². The summed E-state index contributed by atoms with van der Waals surface area (Å²) < 4.78 is 6.91. The number of benzene rings is 2. The molecule has 0 aliphatic rings. The first-order chi connectivity index (χ1) is 13.9. The molecule has 150 valence electrons. The molecule has 3 rings (SSSR count). The summed E-state index contributed by atoms with van der Waals surface area (Å²) in [6.07, 6.45) is 3.49. The Kier molecular flexibility index (Phi) is 6.23. The molecule has 7 nitrogen and oxygen atoms in total. The van der Waals surface area contributed by atoms with E-state index in [0.717, 1.165) is 22.9 Å². The summed E-state index contributed by atoms with van der Waals surface area (Å²) in [6, 6.07) is 9.58. The fraction of sp³-hybridized carbons (Fsp3) is 0.190. The number of rotatable bonds is 7. The molecule has 0 unspecified atom stereocenters. The van der Waals surface area contributed by atoms with E-state index >= 15 is 0 Å². The van der Waals surface area contributed by atoms with Gasteiger partial charge >= 0.3 is 5.97 Å². The molecule has 0 fully saturated rings. The van der Waals surface area contributed by atoms with E-state index in [2.05, 4.69) is 4.98 Å². The zero-order chi connectivity index (χ0) is 21.0. The first-order valence-electron chi connectivity index (χ1n) is 8.80. The number of esters is 1. The average Bonchev–Trinajstić information content (AvgIpc) is 3.15. The van der Waals surface area contributed by atoms with Crippen LogP contribution in [0.3, 0.4) is 0 Å². The van der Waals surface area contributed by atoms with Crippen LogP contribution in [0.5, 0.6) is 11.5 Å². The Balaban J connectivity index is 1.59. The summed E-state index contributed by atoms with van der Waals surface area (Å²) in [5, 5.41) is 19.6. The third-order valence-corrected chi connectivity index (χ3v) is 5.35. The number of carbonyl (C=O) groups excluding carboxylic acids is 2. The smallest absolute Gasteiger partial charge is 0.316 e. The summed E-state index contributed by atoms with van der Waals surface area (Å²) in [6.45, 7) is 3.56. The molecule has 0 bridgehead atoms. The normalized spacial score (nSPS) is 10.7. The van der Waals surface area contributed by atoms with E-state index in [0.29, 0.717) is 5.16 Å². The van der Waals surface area contributed by atoms with E-state index in [9.17, 15) is 19.8 Å². The molecule has 2 N–H and O–H groups in total. The number of phenolic OH excluding ortho intramolecular Hbond substituents is 2. The maximum absolute atomic E-state index is 12.1. The number of aromatic hydroxyl groups is 2. The van der Waals surface area contributed by atoms with Gasteiger partial charge in [-0.05, 0) is 43.2 Å². The van der Waals surface area contributed by atoms with Gasteiger partial charge in [-0.1, -0.05) is 23.9 Å². The molecule has 29 heavy (non-hydrogen) atoms. The molecular weight excluding hydrogens is 392 g/mol. The predicted octanol–water partition coefficient (Wildman–Crippen LogP) is 3.42. The molecule has 0 saturated carbocycles. The molecule has 1 heterocycles. The lowest BCUT2D eigenvalue weighted by atomic mass is 10.1.